The van der Waals surface area contributed by atoms with Crippen LogP contribution < -0.4 is 4.74 Å². The average Bonchev–Trinajstić information content (AvgIpc) is 3.03. The molecule has 0 fully saturated rings. The number of hydrogen-bond acceptors (Lipinski definition) is 4. The summed E-state index contributed by atoms with van der Waals surface area (Å²) in [7, 11) is 0. The van der Waals surface area contributed by atoms with Crippen molar-refractivity contribution in [2.75, 3.05) is 6.61 Å². The van der Waals surface area contributed by atoms with Gasteiger partial charge in [-0.25, -0.2) is 4.98 Å². The van der Waals surface area contributed by atoms with Crippen molar-refractivity contribution in [3.05, 3.63) is 59.3 Å². The summed E-state index contributed by atoms with van der Waals surface area (Å²) in [5.74, 6) is 0.524. The van der Waals surface area contributed by atoms with E-state index >= 15 is 0 Å². The van der Waals surface area contributed by atoms with Gasteiger partial charge in [-0.1, -0.05) is 37.3 Å². The van der Waals surface area contributed by atoms with Crippen LogP contribution in [0.15, 0.2) is 42.6 Å². The van der Waals surface area contributed by atoms with Gasteiger partial charge in [-0.2, -0.15) is 0 Å². The fraction of sp³-hybridized carbons (Fsp3) is 0.400. The smallest absolute Gasteiger partial charge is 0.309 e. The maximum absolute atomic E-state index is 12.1. The van der Waals surface area contributed by atoms with Gasteiger partial charge in [-0.15, -0.1) is 0 Å². The Labute approximate surface area is 142 Å². The summed E-state index contributed by atoms with van der Waals surface area (Å²) in [4.78, 5) is 16.5. The molecule has 1 aromatic carbocycles. The minimum absolute atomic E-state index is 0.126. The SMILES string of the molecule is CCOC(=O)C(C)C1CCc2cnc(OCc3ccccc3)cc21. The van der Waals surface area contributed by atoms with Gasteiger partial charge in [0, 0.05) is 12.3 Å². The number of nitrogens with zero attached hydrogens (tertiary/aromatic N) is 1. The van der Waals surface area contributed by atoms with Crippen LogP contribution in [0, 0.1) is 5.92 Å². The molecule has 0 saturated heterocycles. The molecule has 1 heterocycles. The second-order valence-corrected chi connectivity index (χ2v) is 6.18. The molecule has 0 aliphatic heterocycles. The van der Waals surface area contributed by atoms with Gasteiger partial charge in [0.25, 0.3) is 0 Å². The molecule has 2 unspecified atom stereocenters. The van der Waals surface area contributed by atoms with Crippen molar-refractivity contribution in [2.24, 2.45) is 5.92 Å². The summed E-state index contributed by atoms with van der Waals surface area (Å²) in [5, 5.41) is 0. The summed E-state index contributed by atoms with van der Waals surface area (Å²) in [6, 6.07) is 12.0. The quantitative estimate of drug-likeness (QED) is 0.756. The summed E-state index contributed by atoms with van der Waals surface area (Å²) < 4.78 is 11.0. The molecule has 1 aliphatic carbocycles. The number of hydrogen-bond donors (Lipinski definition) is 0. The van der Waals surface area contributed by atoms with Crippen LogP contribution in [0.3, 0.4) is 0 Å². The molecule has 3 rings (SSSR count). The van der Waals surface area contributed by atoms with Gasteiger partial charge in [0.2, 0.25) is 5.88 Å². The average molecular weight is 325 g/mol. The van der Waals surface area contributed by atoms with Crippen molar-refractivity contribution in [1.82, 2.24) is 4.98 Å². The Morgan fingerprint density at radius 2 is 2.12 bits per heavy atom. The first-order valence-electron chi connectivity index (χ1n) is 8.51. The molecular formula is C20H23NO3. The third-order valence-electron chi connectivity index (χ3n) is 4.61. The summed E-state index contributed by atoms with van der Waals surface area (Å²) in [5.41, 5.74) is 3.49. The number of ether oxygens (including phenoxy) is 2. The lowest BCUT2D eigenvalue weighted by atomic mass is 9.89. The van der Waals surface area contributed by atoms with Crippen LogP contribution in [-0.4, -0.2) is 17.6 Å². The van der Waals surface area contributed by atoms with Crippen molar-refractivity contribution in [3.63, 3.8) is 0 Å². The largest absolute Gasteiger partial charge is 0.473 e. The third-order valence-corrected chi connectivity index (χ3v) is 4.61. The Morgan fingerprint density at radius 1 is 1.33 bits per heavy atom. The molecule has 0 saturated carbocycles. The molecule has 4 nitrogen and oxygen atoms in total. The normalized spacial score (nSPS) is 17.2. The molecule has 0 amide bonds. The summed E-state index contributed by atoms with van der Waals surface area (Å²) in [6.07, 6.45) is 3.79. The van der Waals surface area contributed by atoms with Crippen LogP contribution in [-0.2, 0) is 22.6 Å². The summed E-state index contributed by atoms with van der Waals surface area (Å²) in [6.45, 7) is 4.70. The van der Waals surface area contributed by atoms with Crippen LogP contribution in [0.5, 0.6) is 5.88 Å². The lowest BCUT2D eigenvalue weighted by Gasteiger charge is -2.19. The number of aromatic nitrogens is 1. The zero-order valence-corrected chi connectivity index (χ0v) is 14.2. The number of carbonyl (C=O) groups excluding carboxylic acids is 1. The molecule has 2 aromatic rings. The van der Waals surface area contributed by atoms with Crippen LogP contribution in [0.1, 0.15) is 42.9 Å². The Hall–Kier alpha value is -2.36. The monoisotopic (exact) mass is 325 g/mol. The second kappa shape index (κ2) is 7.47. The lowest BCUT2D eigenvalue weighted by Crippen LogP contribution is -2.20. The van der Waals surface area contributed by atoms with E-state index in [4.69, 9.17) is 9.47 Å². The molecule has 0 radical (unpaired) electrons. The number of pyridine rings is 1. The fourth-order valence-electron chi connectivity index (χ4n) is 3.27. The van der Waals surface area contributed by atoms with Crippen molar-refractivity contribution >= 4 is 5.97 Å². The first-order valence-corrected chi connectivity index (χ1v) is 8.51. The minimum Gasteiger partial charge on any atom is -0.473 e. The summed E-state index contributed by atoms with van der Waals surface area (Å²) >= 11 is 0. The minimum atomic E-state index is -0.143. The number of rotatable bonds is 6. The maximum atomic E-state index is 12.1. The molecule has 126 valence electrons. The number of carbonyl (C=O) groups is 1. The lowest BCUT2D eigenvalue weighted by molar-refractivity contribution is -0.148. The van der Waals surface area contributed by atoms with Crippen LogP contribution in [0.2, 0.25) is 0 Å². The molecule has 2 atom stereocenters. The Bertz CT molecular complexity index is 699. The zero-order valence-electron chi connectivity index (χ0n) is 14.2. The predicted molar refractivity (Wildman–Crippen MR) is 91.9 cm³/mol. The fourth-order valence-corrected chi connectivity index (χ4v) is 3.27. The van der Waals surface area contributed by atoms with E-state index < -0.39 is 0 Å². The highest BCUT2D eigenvalue weighted by Gasteiger charge is 2.32. The molecule has 1 aliphatic rings. The van der Waals surface area contributed by atoms with Gasteiger partial charge in [0.1, 0.15) is 6.61 Å². The molecule has 0 bridgehead atoms. The standard InChI is InChI=1S/C20H23NO3/c1-3-23-20(22)14(2)17-10-9-16-12-21-19(11-18(16)17)24-13-15-7-5-4-6-8-15/h4-8,11-12,14,17H,3,9-10,13H2,1-2H3. The molecule has 0 N–H and O–H groups in total. The number of fused-ring (bicyclic) bond motifs is 1. The number of aryl methyl sites for hydroxylation is 1. The topological polar surface area (TPSA) is 48.4 Å². The van der Waals surface area contributed by atoms with E-state index in [-0.39, 0.29) is 17.8 Å². The maximum Gasteiger partial charge on any atom is 0.309 e. The highest BCUT2D eigenvalue weighted by molar-refractivity contribution is 5.73. The van der Waals surface area contributed by atoms with E-state index in [9.17, 15) is 4.79 Å². The Morgan fingerprint density at radius 3 is 2.88 bits per heavy atom. The first kappa shape index (κ1) is 16.5. The zero-order chi connectivity index (χ0) is 16.9. The Kier molecular flexibility index (Phi) is 5.14. The molecule has 1 aromatic heterocycles. The van der Waals surface area contributed by atoms with Crippen LogP contribution in [0.25, 0.3) is 0 Å². The third kappa shape index (κ3) is 3.58. The first-order chi connectivity index (χ1) is 11.7. The van der Waals surface area contributed by atoms with Gasteiger partial charge in [-0.05, 0) is 42.4 Å². The van der Waals surface area contributed by atoms with E-state index in [1.54, 1.807) is 0 Å². The van der Waals surface area contributed by atoms with Crippen molar-refractivity contribution in [1.29, 1.82) is 0 Å². The molecule has 0 spiro atoms. The second-order valence-electron chi connectivity index (χ2n) is 6.18. The Balaban J connectivity index is 1.72. The highest BCUT2D eigenvalue weighted by Crippen LogP contribution is 2.39. The van der Waals surface area contributed by atoms with Crippen LogP contribution >= 0.6 is 0 Å². The number of benzene rings is 1. The van der Waals surface area contributed by atoms with E-state index in [1.807, 2.05) is 56.4 Å². The van der Waals surface area contributed by atoms with Gasteiger partial charge in [0.05, 0.1) is 12.5 Å². The van der Waals surface area contributed by atoms with E-state index in [0.717, 1.165) is 18.4 Å². The van der Waals surface area contributed by atoms with E-state index in [0.29, 0.717) is 19.1 Å². The van der Waals surface area contributed by atoms with E-state index in [2.05, 4.69) is 4.98 Å². The van der Waals surface area contributed by atoms with Crippen molar-refractivity contribution in [2.45, 2.75) is 39.2 Å². The van der Waals surface area contributed by atoms with Gasteiger partial charge in [-0.3, -0.25) is 4.79 Å². The predicted octanol–water partition coefficient (Wildman–Crippen LogP) is 3.89. The van der Waals surface area contributed by atoms with E-state index in [1.165, 1.54) is 11.1 Å². The molecular weight excluding hydrogens is 302 g/mol. The number of esters is 1. The van der Waals surface area contributed by atoms with Crippen molar-refractivity contribution in [3.8, 4) is 5.88 Å². The van der Waals surface area contributed by atoms with Crippen molar-refractivity contribution < 1.29 is 14.3 Å². The highest BCUT2D eigenvalue weighted by atomic mass is 16.5. The van der Waals surface area contributed by atoms with Gasteiger partial charge < -0.3 is 9.47 Å². The van der Waals surface area contributed by atoms with Gasteiger partial charge >= 0.3 is 5.97 Å². The molecule has 24 heavy (non-hydrogen) atoms. The van der Waals surface area contributed by atoms with Crippen LogP contribution in [0.4, 0.5) is 0 Å². The molecule has 4 heteroatoms. The van der Waals surface area contributed by atoms with Gasteiger partial charge in [0.15, 0.2) is 0 Å².